The molecule has 2 N–H and O–H groups in total. The van der Waals surface area contributed by atoms with Crippen LogP contribution in [0.5, 0.6) is 0 Å². The molecule has 3 rings (SSSR count). The van der Waals surface area contributed by atoms with Gasteiger partial charge in [0.15, 0.2) is 0 Å². The quantitative estimate of drug-likeness (QED) is 0.783. The number of thiophene rings is 1. The molecular weight excluding hydrogens is 280 g/mol. The maximum atomic E-state index is 5.71. The summed E-state index contributed by atoms with van der Waals surface area (Å²) in [5, 5.41) is 3.16. The van der Waals surface area contributed by atoms with Gasteiger partial charge in [-0.3, -0.25) is 0 Å². The van der Waals surface area contributed by atoms with E-state index in [0.717, 1.165) is 29.0 Å². The van der Waals surface area contributed by atoms with Crippen LogP contribution in [-0.4, -0.2) is 23.1 Å². The molecule has 0 saturated heterocycles. The summed E-state index contributed by atoms with van der Waals surface area (Å²) in [6.45, 7) is 3.64. The second-order valence-electron chi connectivity index (χ2n) is 4.92. The molecule has 3 aromatic rings. The summed E-state index contributed by atoms with van der Waals surface area (Å²) in [5.41, 5.74) is 8.12. The Morgan fingerprint density at radius 3 is 2.86 bits per heavy atom. The standard InChI is InChI=1S/C16H18N4S/c1-12-5-2-3-6-14(12)20(9-4-8-17)15-13-7-10-21-16(13)19-11-18-15/h2-3,5-7,10-11H,4,8-9,17H2,1H3. The van der Waals surface area contributed by atoms with Crippen molar-refractivity contribution in [2.75, 3.05) is 18.0 Å². The Kier molecular flexibility index (Phi) is 4.13. The first-order chi connectivity index (χ1) is 10.3. The first-order valence-electron chi connectivity index (χ1n) is 7.02. The van der Waals surface area contributed by atoms with Gasteiger partial charge in [-0.15, -0.1) is 11.3 Å². The molecule has 1 aromatic carbocycles. The predicted molar refractivity (Wildman–Crippen MR) is 89.3 cm³/mol. The Hall–Kier alpha value is -1.98. The first kappa shape index (κ1) is 14.0. The number of anilines is 2. The van der Waals surface area contributed by atoms with Crippen molar-refractivity contribution in [3.63, 3.8) is 0 Å². The smallest absolute Gasteiger partial charge is 0.145 e. The van der Waals surface area contributed by atoms with Crippen LogP contribution in [0.3, 0.4) is 0 Å². The van der Waals surface area contributed by atoms with Gasteiger partial charge in [-0.1, -0.05) is 18.2 Å². The fraction of sp³-hybridized carbons (Fsp3) is 0.250. The average Bonchev–Trinajstić information content (AvgIpc) is 2.98. The Balaban J connectivity index is 2.11. The van der Waals surface area contributed by atoms with E-state index >= 15 is 0 Å². The van der Waals surface area contributed by atoms with Crippen LogP contribution in [0, 0.1) is 6.92 Å². The Morgan fingerprint density at radius 1 is 1.19 bits per heavy atom. The zero-order valence-corrected chi connectivity index (χ0v) is 12.8. The van der Waals surface area contributed by atoms with Crippen LogP contribution in [0.2, 0.25) is 0 Å². The van der Waals surface area contributed by atoms with E-state index in [2.05, 4.69) is 57.5 Å². The van der Waals surface area contributed by atoms with E-state index in [4.69, 9.17) is 5.73 Å². The molecule has 0 fully saturated rings. The van der Waals surface area contributed by atoms with Crippen LogP contribution in [0.1, 0.15) is 12.0 Å². The highest BCUT2D eigenvalue weighted by atomic mass is 32.1. The fourth-order valence-electron chi connectivity index (χ4n) is 2.45. The SMILES string of the molecule is Cc1ccccc1N(CCCN)c1ncnc2sccc12. The number of aromatic nitrogens is 2. The molecule has 0 aliphatic rings. The largest absolute Gasteiger partial charge is 0.330 e. The lowest BCUT2D eigenvalue weighted by Gasteiger charge is -2.25. The zero-order valence-electron chi connectivity index (χ0n) is 12.0. The maximum Gasteiger partial charge on any atom is 0.145 e. The van der Waals surface area contributed by atoms with Crippen LogP contribution in [0.4, 0.5) is 11.5 Å². The van der Waals surface area contributed by atoms with Gasteiger partial charge in [0, 0.05) is 12.2 Å². The van der Waals surface area contributed by atoms with Gasteiger partial charge in [0.05, 0.1) is 5.39 Å². The lowest BCUT2D eigenvalue weighted by Crippen LogP contribution is -2.22. The number of fused-ring (bicyclic) bond motifs is 1. The molecule has 4 nitrogen and oxygen atoms in total. The summed E-state index contributed by atoms with van der Waals surface area (Å²) in [6, 6.07) is 10.5. The molecule has 0 aliphatic carbocycles. The normalized spacial score (nSPS) is 11.0. The van der Waals surface area contributed by atoms with Crippen molar-refractivity contribution in [2.24, 2.45) is 5.73 Å². The summed E-state index contributed by atoms with van der Waals surface area (Å²) in [5.74, 6) is 0.962. The van der Waals surface area contributed by atoms with E-state index in [-0.39, 0.29) is 0 Å². The summed E-state index contributed by atoms with van der Waals surface area (Å²) < 4.78 is 0. The molecule has 0 bridgehead atoms. The first-order valence-corrected chi connectivity index (χ1v) is 7.90. The topological polar surface area (TPSA) is 55.0 Å². The highest BCUT2D eigenvalue weighted by Gasteiger charge is 2.16. The van der Waals surface area contributed by atoms with Crippen molar-refractivity contribution in [3.8, 4) is 0 Å². The highest BCUT2D eigenvalue weighted by molar-refractivity contribution is 7.16. The van der Waals surface area contributed by atoms with Gasteiger partial charge in [0.2, 0.25) is 0 Å². The fourth-order valence-corrected chi connectivity index (χ4v) is 3.18. The van der Waals surface area contributed by atoms with Crippen LogP contribution in [0.25, 0.3) is 10.2 Å². The van der Waals surface area contributed by atoms with Gasteiger partial charge in [0.25, 0.3) is 0 Å². The summed E-state index contributed by atoms with van der Waals surface area (Å²) in [7, 11) is 0. The number of benzene rings is 1. The molecule has 2 aromatic heterocycles. The van der Waals surface area contributed by atoms with Crippen LogP contribution >= 0.6 is 11.3 Å². The number of para-hydroxylation sites is 1. The van der Waals surface area contributed by atoms with Crippen LogP contribution in [-0.2, 0) is 0 Å². The van der Waals surface area contributed by atoms with Crippen molar-refractivity contribution in [1.29, 1.82) is 0 Å². The van der Waals surface area contributed by atoms with Crippen molar-refractivity contribution in [3.05, 3.63) is 47.6 Å². The third-order valence-electron chi connectivity index (χ3n) is 3.49. The molecule has 0 unspecified atom stereocenters. The molecule has 21 heavy (non-hydrogen) atoms. The average molecular weight is 298 g/mol. The molecule has 0 saturated carbocycles. The van der Waals surface area contributed by atoms with Crippen molar-refractivity contribution < 1.29 is 0 Å². The molecule has 5 heteroatoms. The minimum atomic E-state index is 0.667. The number of nitrogens with two attached hydrogens (primary N) is 1. The van der Waals surface area contributed by atoms with E-state index < -0.39 is 0 Å². The van der Waals surface area contributed by atoms with Gasteiger partial charge in [0.1, 0.15) is 17.0 Å². The lowest BCUT2D eigenvalue weighted by atomic mass is 10.1. The minimum Gasteiger partial charge on any atom is -0.330 e. The third kappa shape index (κ3) is 2.75. The number of aryl methyl sites for hydroxylation is 1. The predicted octanol–water partition coefficient (Wildman–Crippen LogP) is 3.49. The molecule has 0 radical (unpaired) electrons. The second-order valence-corrected chi connectivity index (χ2v) is 5.81. The molecule has 0 amide bonds. The maximum absolute atomic E-state index is 5.71. The van der Waals surface area contributed by atoms with Crippen LogP contribution < -0.4 is 10.6 Å². The monoisotopic (exact) mass is 298 g/mol. The Labute approximate surface area is 128 Å². The Morgan fingerprint density at radius 2 is 2.05 bits per heavy atom. The van der Waals surface area contributed by atoms with Gasteiger partial charge < -0.3 is 10.6 Å². The van der Waals surface area contributed by atoms with E-state index in [1.807, 2.05) is 0 Å². The molecule has 0 atom stereocenters. The Bertz CT molecular complexity index is 738. The number of rotatable bonds is 5. The summed E-state index contributed by atoms with van der Waals surface area (Å²) >= 11 is 1.64. The van der Waals surface area contributed by atoms with E-state index in [9.17, 15) is 0 Å². The molecule has 0 aliphatic heterocycles. The van der Waals surface area contributed by atoms with Gasteiger partial charge in [-0.05, 0) is 43.0 Å². The van der Waals surface area contributed by atoms with Crippen molar-refractivity contribution >= 4 is 33.1 Å². The highest BCUT2D eigenvalue weighted by Crippen LogP contribution is 2.33. The number of hydrogen-bond acceptors (Lipinski definition) is 5. The third-order valence-corrected chi connectivity index (χ3v) is 4.31. The van der Waals surface area contributed by atoms with Gasteiger partial charge in [-0.2, -0.15) is 0 Å². The van der Waals surface area contributed by atoms with Crippen LogP contribution in [0.15, 0.2) is 42.0 Å². The lowest BCUT2D eigenvalue weighted by molar-refractivity contribution is 0.810. The molecule has 108 valence electrons. The summed E-state index contributed by atoms with van der Waals surface area (Å²) in [6.07, 6.45) is 2.56. The van der Waals surface area contributed by atoms with Crippen molar-refractivity contribution in [2.45, 2.75) is 13.3 Å². The van der Waals surface area contributed by atoms with Gasteiger partial charge in [-0.25, -0.2) is 9.97 Å². The number of hydrogen-bond donors (Lipinski definition) is 1. The van der Waals surface area contributed by atoms with E-state index in [0.29, 0.717) is 6.54 Å². The number of nitrogens with zero attached hydrogens (tertiary/aromatic N) is 3. The molecule has 0 spiro atoms. The van der Waals surface area contributed by atoms with Gasteiger partial charge >= 0.3 is 0 Å². The molecular formula is C16H18N4S. The second kappa shape index (κ2) is 6.20. The zero-order chi connectivity index (χ0) is 14.7. The van der Waals surface area contributed by atoms with Crippen molar-refractivity contribution in [1.82, 2.24) is 9.97 Å². The molecule has 2 heterocycles. The summed E-state index contributed by atoms with van der Waals surface area (Å²) in [4.78, 5) is 12.1. The van der Waals surface area contributed by atoms with E-state index in [1.165, 1.54) is 11.3 Å². The van der Waals surface area contributed by atoms with E-state index in [1.54, 1.807) is 17.7 Å². The minimum absolute atomic E-state index is 0.667.